The van der Waals surface area contributed by atoms with Crippen molar-refractivity contribution in [2.24, 2.45) is 5.92 Å². The summed E-state index contributed by atoms with van der Waals surface area (Å²) in [6.07, 6.45) is 9.11. The van der Waals surface area contributed by atoms with Crippen LogP contribution in [0.15, 0.2) is 0 Å². The Morgan fingerprint density at radius 3 is 2.80 bits per heavy atom. The molecule has 1 saturated carbocycles. The first-order chi connectivity index (χ1) is 7.33. The highest BCUT2D eigenvalue weighted by molar-refractivity contribution is 4.91. The van der Waals surface area contributed by atoms with E-state index in [0.29, 0.717) is 12.5 Å². The second-order valence-corrected chi connectivity index (χ2v) is 5.20. The van der Waals surface area contributed by atoms with Crippen LogP contribution in [0, 0.1) is 17.2 Å². The lowest BCUT2D eigenvalue weighted by atomic mass is 9.77. The van der Waals surface area contributed by atoms with Crippen molar-refractivity contribution in [3.8, 4) is 6.07 Å². The second-order valence-electron chi connectivity index (χ2n) is 5.20. The number of hydrogen-bond donors (Lipinski definition) is 0. The lowest BCUT2D eigenvalue weighted by molar-refractivity contribution is 0.0328. The van der Waals surface area contributed by atoms with Crippen LogP contribution in [-0.4, -0.2) is 23.5 Å². The minimum Gasteiger partial charge on any atom is -0.296 e. The molecule has 0 aromatic heterocycles. The van der Waals surface area contributed by atoms with Crippen LogP contribution < -0.4 is 0 Å². The number of nitrogens with zero attached hydrogens (tertiary/aromatic N) is 2. The van der Waals surface area contributed by atoms with E-state index in [9.17, 15) is 0 Å². The molecule has 3 atom stereocenters. The maximum atomic E-state index is 8.79. The number of likely N-dealkylation sites (tertiary alicyclic amines) is 1. The van der Waals surface area contributed by atoms with Crippen LogP contribution in [0.3, 0.4) is 0 Å². The molecule has 2 heteroatoms. The molecule has 0 aromatic carbocycles. The van der Waals surface area contributed by atoms with Crippen molar-refractivity contribution < 1.29 is 0 Å². The third kappa shape index (κ3) is 2.34. The normalized spacial score (nSPS) is 34.1. The number of nitriles is 1. The van der Waals surface area contributed by atoms with Gasteiger partial charge in [0.15, 0.2) is 0 Å². The third-order valence-electron chi connectivity index (χ3n) is 4.24. The van der Waals surface area contributed by atoms with E-state index < -0.39 is 0 Å². The number of piperidine rings is 1. The zero-order valence-corrected chi connectivity index (χ0v) is 9.78. The average molecular weight is 206 g/mol. The van der Waals surface area contributed by atoms with Crippen LogP contribution in [0.5, 0.6) is 0 Å². The van der Waals surface area contributed by atoms with Crippen LogP contribution in [-0.2, 0) is 0 Å². The molecule has 1 saturated heterocycles. The molecular formula is C13H22N2. The molecule has 15 heavy (non-hydrogen) atoms. The third-order valence-corrected chi connectivity index (χ3v) is 4.24. The maximum Gasteiger partial charge on any atom is 0.0638 e. The van der Waals surface area contributed by atoms with Gasteiger partial charge in [-0.2, -0.15) is 5.26 Å². The van der Waals surface area contributed by atoms with Gasteiger partial charge in [-0.15, -0.1) is 0 Å². The first-order valence-electron chi connectivity index (χ1n) is 6.45. The van der Waals surface area contributed by atoms with Gasteiger partial charge >= 0.3 is 0 Å². The van der Waals surface area contributed by atoms with Crippen molar-refractivity contribution >= 4 is 0 Å². The zero-order chi connectivity index (χ0) is 10.7. The fourth-order valence-corrected chi connectivity index (χ4v) is 3.46. The Bertz CT molecular complexity index is 241. The zero-order valence-electron chi connectivity index (χ0n) is 9.78. The molecule has 2 aliphatic rings. The Kier molecular flexibility index (Phi) is 3.64. The van der Waals surface area contributed by atoms with Gasteiger partial charge in [0.25, 0.3) is 0 Å². The summed E-state index contributed by atoms with van der Waals surface area (Å²) in [6.45, 7) is 3.45. The smallest absolute Gasteiger partial charge is 0.0638 e. The van der Waals surface area contributed by atoms with Gasteiger partial charge in [0.05, 0.1) is 12.5 Å². The predicted molar refractivity (Wildman–Crippen MR) is 61.4 cm³/mol. The highest BCUT2D eigenvalue weighted by atomic mass is 15.2. The van der Waals surface area contributed by atoms with Gasteiger partial charge in [-0.05, 0) is 45.1 Å². The molecule has 0 N–H and O–H groups in total. The molecule has 84 valence electrons. The number of hydrogen-bond acceptors (Lipinski definition) is 2. The first-order valence-corrected chi connectivity index (χ1v) is 6.45. The van der Waals surface area contributed by atoms with Gasteiger partial charge in [0.2, 0.25) is 0 Å². The van der Waals surface area contributed by atoms with E-state index in [4.69, 9.17) is 5.26 Å². The fourth-order valence-electron chi connectivity index (χ4n) is 3.46. The maximum absolute atomic E-state index is 8.79. The molecule has 1 aliphatic heterocycles. The standard InChI is InChI=1S/C13H22N2/c1-11(8-9-14)15-10-4-6-12-5-2-3-7-13(12)15/h11-13H,2-8,10H2,1H3/t11?,12-,13-/m1/s1. The van der Waals surface area contributed by atoms with Crippen molar-refractivity contribution in [3.63, 3.8) is 0 Å². The van der Waals surface area contributed by atoms with Crippen molar-refractivity contribution in [2.75, 3.05) is 6.54 Å². The minimum absolute atomic E-state index is 0.473. The monoisotopic (exact) mass is 206 g/mol. The van der Waals surface area contributed by atoms with E-state index in [-0.39, 0.29) is 0 Å². The largest absolute Gasteiger partial charge is 0.296 e. The lowest BCUT2D eigenvalue weighted by Crippen LogP contribution is -2.50. The topological polar surface area (TPSA) is 27.0 Å². The van der Waals surface area contributed by atoms with Crippen LogP contribution in [0.25, 0.3) is 0 Å². The van der Waals surface area contributed by atoms with Crippen molar-refractivity contribution in [1.29, 1.82) is 5.26 Å². The summed E-state index contributed by atoms with van der Waals surface area (Å²) in [6, 6.07) is 3.59. The molecule has 2 rings (SSSR count). The summed E-state index contributed by atoms with van der Waals surface area (Å²) >= 11 is 0. The highest BCUT2D eigenvalue weighted by Crippen LogP contribution is 2.36. The van der Waals surface area contributed by atoms with E-state index in [1.165, 1.54) is 45.1 Å². The van der Waals surface area contributed by atoms with Gasteiger partial charge in [0, 0.05) is 12.1 Å². The molecule has 0 bridgehead atoms. The van der Waals surface area contributed by atoms with Crippen LogP contribution >= 0.6 is 0 Å². The summed E-state index contributed by atoms with van der Waals surface area (Å²) in [7, 11) is 0. The van der Waals surface area contributed by atoms with E-state index in [0.717, 1.165) is 12.0 Å². The SMILES string of the molecule is CC(CC#N)N1CCC[C@H]2CCCC[C@H]21. The van der Waals surface area contributed by atoms with Crippen LogP contribution in [0.4, 0.5) is 0 Å². The van der Waals surface area contributed by atoms with Crippen molar-refractivity contribution in [1.82, 2.24) is 4.90 Å². The lowest BCUT2D eigenvalue weighted by Gasteiger charge is -2.46. The van der Waals surface area contributed by atoms with Crippen LogP contribution in [0.2, 0.25) is 0 Å². The average Bonchev–Trinajstić information content (AvgIpc) is 2.28. The summed E-state index contributed by atoms with van der Waals surface area (Å²) < 4.78 is 0. The molecule has 0 spiro atoms. The predicted octanol–water partition coefficient (Wildman–Crippen LogP) is 2.94. The van der Waals surface area contributed by atoms with Gasteiger partial charge in [-0.25, -0.2) is 0 Å². The second kappa shape index (κ2) is 4.99. The summed E-state index contributed by atoms with van der Waals surface area (Å²) in [5.74, 6) is 0.939. The van der Waals surface area contributed by atoms with Gasteiger partial charge in [-0.3, -0.25) is 4.90 Å². The highest BCUT2D eigenvalue weighted by Gasteiger charge is 2.34. The van der Waals surface area contributed by atoms with E-state index >= 15 is 0 Å². The molecule has 0 radical (unpaired) electrons. The Morgan fingerprint density at radius 2 is 2.00 bits per heavy atom. The Hall–Kier alpha value is -0.550. The van der Waals surface area contributed by atoms with Crippen molar-refractivity contribution in [3.05, 3.63) is 0 Å². The van der Waals surface area contributed by atoms with E-state index in [1.54, 1.807) is 0 Å². The number of fused-ring (bicyclic) bond motifs is 1. The molecule has 0 aromatic rings. The molecule has 1 heterocycles. The fraction of sp³-hybridized carbons (Fsp3) is 0.923. The van der Waals surface area contributed by atoms with E-state index in [2.05, 4.69) is 17.9 Å². The summed E-state index contributed by atoms with van der Waals surface area (Å²) in [5.41, 5.74) is 0. The van der Waals surface area contributed by atoms with Gasteiger partial charge in [0.1, 0.15) is 0 Å². The Labute approximate surface area is 93.3 Å². The van der Waals surface area contributed by atoms with Crippen LogP contribution in [0.1, 0.15) is 51.9 Å². The number of rotatable bonds is 2. The minimum atomic E-state index is 0.473. The summed E-state index contributed by atoms with van der Waals surface area (Å²) in [5, 5.41) is 8.79. The molecular weight excluding hydrogens is 184 g/mol. The summed E-state index contributed by atoms with van der Waals surface area (Å²) in [4.78, 5) is 2.62. The van der Waals surface area contributed by atoms with Crippen molar-refractivity contribution in [2.45, 2.75) is 64.0 Å². The molecule has 0 amide bonds. The molecule has 2 fully saturated rings. The van der Waals surface area contributed by atoms with Gasteiger partial charge < -0.3 is 0 Å². The first kappa shape index (κ1) is 11.0. The quantitative estimate of drug-likeness (QED) is 0.694. The molecule has 1 unspecified atom stereocenters. The van der Waals surface area contributed by atoms with Gasteiger partial charge in [-0.1, -0.05) is 12.8 Å². The van der Waals surface area contributed by atoms with E-state index in [1.807, 2.05) is 0 Å². The molecule has 2 nitrogen and oxygen atoms in total. The Balaban J connectivity index is 2.00. The Morgan fingerprint density at radius 1 is 1.27 bits per heavy atom. The molecule has 1 aliphatic carbocycles.